The number of hydrogen-bond donors (Lipinski definition) is 1. The highest BCUT2D eigenvalue weighted by Gasteiger charge is 2.20. The highest BCUT2D eigenvalue weighted by Crippen LogP contribution is 2.27. The van der Waals surface area contributed by atoms with Gasteiger partial charge >= 0.3 is 0 Å². The minimum atomic E-state index is -0.0396. The van der Waals surface area contributed by atoms with Crippen LogP contribution in [0.15, 0.2) is 48.7 Å². The van der Waals surface area contributed by atoms with Crippen LogP contribution < -0.4 is 5.32 Å². The molecule has 1 N–H and O–H groups in total. The number of benzene rings is 1. The van der Waals surface area contributed by atoms with Gasteiger partial charge in [0.1, 0.15) is 0 Å². The Bertz CT molecular complexity index is 702. The molecule has 1 heterocycles. The Morgan fingerprint density at radius 3 is 2.46 bits per heavy atom. The van der Waals surface area contributed by atoms with Gasteiger partial charge in [0.2, 0.25) is 5.91 Å². The predicted molar refractivity (Wildman–Crippen MR) is 117 cm³/mol. The summed E-state index contributed by atoms with van der Waals surface area (Å²) in [7, 11) is 2.19. The number of nitrogens with zero attached hydrogens (tertiary/aromatic N) is 2. The molecular formula is C24H35N3O. The minimum Gasteiger partial charge on any atom is -0.326 e. The SMILES string of the molecule is CCCCCCCCN(C)C(Cc1ccccc1NC(C)=O)c1ccccn1. The van der Waals surface area contributed by atoms with Gasteiger partial charge in [0.25, 0.3) is 0 Å². The van der Waals surface area contributed by atoms with Gasteiger partial charge in [-0.15, -0.1) is 0 Å². The Hall–Kier alpha value is -2.20. The lowest BCUT2D eigenvalue weighted by Gasteiger charge is -2.28. The third kappa shape index (κ3) is 7.43. The standard InChI is InChI=1S/C24H35N3O/c1-4-5-6-7-8-13-18-27(3)24(23-16-11-12-17-25-23)19-21-14-9-10-15-22(21)26-20(2)28/h9-12,14-17,24H,4-8,13,18-19H2,1-3H3,(H,26,28). The molecule has 0 radical (unpaired) electrons. The Morgan fingerprint density at radius 2 is 1.75 bits per heavy atom. The highest BCUT2D eigenvalue weighted by atomic mass is 16.1. The van der Waals surface area contributed by atoms with Gasteiger partial charge < -0.3 is 5.32 Å². The van der Waals surface area contributed by atoms with Crippen molar-refractivity contribution in [3.8, 4) is 0 Å². The number of rotatable bonds is 12. The van der Waals surface area contributed by atoms with Crippen molar-refractivity contribution in [1.29, 1.82) is 0 Å². The maximum absolute atomic E-state index is 11.6. The molecule has 0 fully saturated rings. The first-order valence-electron chi connectivity index (χ1n) is 10.6. The number of amides is 1. The van der Waals surface area contributed by atoms with E-state index in [1.807, 2.05) is 36.5 Å². The number of carbonyl (C=O) groups is 1. The summed E-state index contributed by atoms with van der Waals surface area (Å²) in [5, 5.41) is 2.96. The fourth-order valence-electron chi connectivity index (χ4n) is 3.57. The van der Waals surface area contributed by atoms with Gasteiger partial charge in [0.05, 0.1) is 11.7 Å². The summed E-state index contributed by atoms with van der Waals surface area (Å²) in [5.74, 6) is -0.0396. The van der Waals surface area contributed by atoms with Gasteiger partial charge in [0, 0.05) is 18.8 Å². The second-order valence-electron chi connectivity index (χ2n) is 7.56. The summed E-state index contributed by atoms with van der Waals surface area (Å²) < 4.78 is 0. The molecule has 2 rings (SSSR count). The first kappa shape index (κ1) is 22.1. The molecule has 28 heavy (non-hydrogen) atoms. The topological polar surface area (TPSA) is 45.2 Å². The van der Waals surface area contributed by atoms with Gasteiger partial charge in [-0.05, 0) is 50.2 Å². The van der Waals surface area contributed by atoms with Crippen molar-refractivity contribution in [3.63, 3.8) is 0 Å². The van der Waals surface area contributed by atoms with Crippen LogP contribution in [0.3, 0.4) is 0 Å². The fraction of sp³-hybridized carbons (Fsp3) is 0.500. The molecule has 1 amide bonds. The summed E-state index contributed by atoms with van der Waals surface area (Å²) in [6, 6.07) is 14.4. The summed E-state index contributed by atoms with van der Waals surface area (Å²) >= 11 is 0. The number of anilines is 1. The van der Waals surface area contributed by atoms with Crippen molar-refractivity contribution in [2.75, 3.05) is 18.9 Å². The fourth-order valence-corrected chi connectivity index (χ4v) is 3.57. The minimum absolute atomic E-state index is 0.0396. The van der Waals surface area contributed by atoms with Crippen molar-refractivity contribution in [2.24, 2.45) is 0 Å². The van der Waals surface area contributed by atoms with Crippen molar-refractivity contribution in [3.05, 3.63) is 59.9 Å². The molecule has 1 aromatic heterocycles. The number of aromatic nitrogens is 1. The zero-order valence-electron chi connectivity index (χ0n) is 17.7. The zero-order chi connectivity index (χ0) is 20.2. The lowest BCUT2D eigenvalue weighted by atomic mass is 9.99. The third-order valence-electron chi connectivity index (χ3n) is 5.17. The molecular weight excluding hydrogens is 346 g/mol. The quantitative estimate of drug-likeness (QED) is 0.486. The Balaban J connectivity index is 2.07. The lowest BCUT2D eigenvalue weighted by molar-refractivity contribution is -0.114. The van der Waals surface area contributed by atoms with E-state index < -0.39 is 0 Å². The van der Waals surface area contributed by atoms with E-state index in [0.29, 0.717) is 0 Å². The Kier molecular flexibility index (Phi) is 9.70. The van der Waals surface area contributed by atoms with Crippen LogP contribution >= 0.6 is 0 Å². The van der Waals surface area contributed by atoms with Crippen LogP contribution in [0.2, 0.25) is 0 Å². The molecule has 4 heteroatoms. The van der Waals surface area contributed by atoms with E-state index in [1.54, 1.807) is 6.92 Å². The molecule has 0 bridgehead atoms. The number of para-hydroxylation sites is 1. The lowest BCUT2D eigenvalue weighted by Crippen LogP contribution is -2.28. The van der Waals surface area contributed by atoms with Crippen molar-refractivity contribution in [2.45, 2.75) is 64.8 Å². The maximum atomic E-state index is 11.6. The Labute approximate surface area is 170 Å². The molecule has 0 saturated heterocycles. The largest absolute Gasteiger partial charge is 0.326 e. The van der Waals surface area contributed by atoms with E-state index in [-0.39, 0.29) is 11.9 Å². The second kappa shape index (κ2) is 12.3. The number of unbranched alkanes of at least 4 members (excludes halogenated alkanes) is 5. The number of hydrogen-bond acceptors (Lipinski definition) is 3. The van der Waals surface area contributed by atoms with Crippen LogP contribution in [0, 0.1) is 0 Å². The molecule has 1 atom stereocenters. The molecule has 0 spiro atoms. The van der Waals surface area contributed by atoms with E-state index in [4.69, 9.17) is 0 Å². The number of carbonyl (C=O) groups excluding carboxylic acids is 1. The second-order valence-corrected chi connectivity index (χ2v) is 7.56. The van der Waals surface area contributed by atoms with Crippen molar-refractivity contribution >= 4 is 11.6 Å². The van der Waals surface area contributed by atoms with Crippen LogP contribution in [-0.4, -0.2) is 29.4 Å². The highest BCUT2D eigenvalue weighted by molar-refractivity contribution is 5.89. The summed E-state index contributed by atoms with van der Waals surface area (Å²) in [6.45, 7) is 4.86. The summed E-state index contributed by atoms with van der Waals surface area (Å²) in [5.41, 5.74) is 3.11. The van der Waals surface area contributed by atoms with Gasteiger partial charge in [-0.3, -0.25) is 14.7 Å². The maximum Gasteiger partial charge on any atom is 0.221 e. The molecule has 4 nitrogen and oxygen atoms in total. The van der Waals surface area contributed by atoms with Crippen LogP contribution in [0.25, 0.3) is 0 Å². The zero-order valence-corrected chi connectivity index (χ0v) is 17.7. The normalized spacial score (nSPS) is 12.1. The molecule has 152 valence electrons. The van der Waals surface area contributed by atoms with Crippen LogP contribution in [0.5, 0.6) is 0 Å². The summed E-state index contributed by atoms with van der Waals surface area (Å²) in [6.07, 6.45) is 10.5. The van der Waals surface area contributed by atoms with Crippen LogP contribution in [-0.2, 0) is 11.2 Å². The van der Waals surface area contributed by atoms with Crippen LogP contribution in [0.1, 0.15) is 69.7 Å². The van der Waals surface area contributed by atoms with Gasteiger partial charge in [-0.2, -0.15) is 0 Å². The predicted octanol–water partition coefficient (Wildman–Crippen LogP) is 5.62. The monoisotopic (exact) mass is 381 g/mol. The molecule has 2 aromatic rings. The van der Waals surface area contributed by atoms with Crippen LogP contribution in [0.4, 0.5) is 5.69 Å². The smallest absolute Gasteiger partial charge is 0.221 e. The first-order valence-corrected chi connectivity index (χ1v) is 10.6. The van der Waals surface area contributed by atoms with Gasteiger partial charge in [-0.1, -0.05) is 63.3 Å². The summed E-state index contributed by atoms with van der Waals surface area (Å²) in [4.78, 5) is 18.6. The van der Waals surface area contributed by atoms with E-state index >= 15 is 0 Å². The molecule has 0 aliphatic heterocycles. The number of pyridine rings is 1. The van der Waals surface area contributed by atoms with E-state index in [1.165, 1.54) is 38.5 Å². The van der Waals surface area contributed by atoms with Crippen molar-refractivity contribution in [1.82, 2.24) is 9.88 Å². The van der Waals surface area contributed by atoms with E-state index in [0.717, 1.165) is 29.9 Å². The van der Waals surface area contributed by atoms with E-state index in [2.05, 4.69) is 41.3 Å². The van der Waals surface area contributed by atoms with Crippen molar-refractivity contribution < 1.29 is 4.79 Å². The molecule has 0 saturated carbocycles. The molecule has 0 aliphatic rings. The number of likely N-dealkylation sites (N-methyl/N-ethyl adjacent to an activating group) is 1. The molecule has 0 aliphatic carbocycles. The van der Waals surface area contributed by atoms with Gasteiger partial charge in [-0.25, -0.2) is 0 Å². The van der Waals surface area contributed by atoms with E-state index in [9.17, 15) is 4.79 Å². The molecule has 1 unspecified atom stereocenters. The molecule has 1 aromatic carbocycles. The number of nitrogens with one attached hydrogen (secondary N) is 1. The Morgan fingerprint density at radius 1 is 1.04 bits per heavy atom. The average Bonchev–Trinajstić information content (AvgIpc) is 2.70. The third-order valence-corrected chi connectivity index (χ3v) is 5.17. The van der Waals surface area contributed by atoms with Gasteiger partial charge in [0.15, 0.2) is 0 Å². The first-order chi connectivity index (χ1) is 13.6. The average molecular weight is 382 g/mol.